The molecule has 0 N–H and O–H groups in total. The first kappa shape index (κ1) is 11.6. The molecule has 0 saturated heterocycles. The lowest BCUT2D eigenvalue weighted by molar-refractivity contribution is 0.0561. The van der Waals surface area contributed by atoms with Crippen LogP contribution in [0.1, 0.15) is 20.0 Å². The molecule has 88 valence electrons. The lowest BCUT2D eigenvalue weighted by Crippen LogP contribution is -2.08. The van der Waals surface area contributed by atoms with Crippen LogP contribution in [-0.2, 0) is 9.47 Å². The molecule has 0 atom stereocenters. The van der Waals surface area contributed by atoms with Crippen LogP contribution in [0.15, 0.2) is 24.3 Å². The summed E-state index contributed by atoms with van der Waals surface area (Å²) in [6.07, 6.45) is 0. The minimum absolute atomic E-state index is 0.278. The molecule has 2 aromatic rings. The molecule has 1 heterocycles. The van der Waals surface area contributed by atoms with Gasteiger partial charge in [-0.1, -0.05) is 18.2 Å². The third kappa shape index (κ3) is 1.89. The van der Waals surface area contributed by atoms with Gasteiger partial charge in [0.05, 0.1) is 19.8 Å². The summed E-state index contributed by atoms with van der Waals surface area (Å²) < 4.78 is 10.2. The molecular weight excluding hydrogens is 240 g/mol. The molecule has 0 fully saturated rings. The molecule has 0 spiro atoms. The van der Waals surface area contributed by atoms with E-state index in [2.05, 4.69) is 4.74 Å². The van der Waals surface area contributed by atoms with E-state index in [1.807, 2.05) is 18.2 Å². The van der Waals surface area contributed by atoms with Gasteiger partial charge in [-0.05, 0) is 6.07 Å². The number of carbonyl (C=O) groups is 2. The maximum atomic E-state index is 11.7. The van der Waals surface area contributed by atoms with Crippen LogP contribution < -0.4 is 0 Å². The summed E-state index contributed by atoms with van der Waals surface area (Å²) >= 11 is 1.22. The zero-order chi connectivity index (χ0) is 12.4. The number of hydrogen-bond acceptors (Lipinski definition) is 5. The van der Waals surface area contributed by atoms with Crippen LogP contribution in [0.5, 0.6) is 0 Å². The van der Waals surface area contributed by atoms with E-state index in [9.17, 15) is 9.59 Å². The van der Waals surface area contributed by atoms with Crippen LogP contribution in [0.4, 0.5) is 0 Å². The highest BCUT2D eigenvalue weighted by molar-refractivity contribution is 7.21. The van der Waals surface area contributed by atoms with E-state index in [0.29, 0.717) is 5.39 Å². The Bertz CT molecular complexity index is 585. The highest BCUT2D eigenvalue weighted by Crippen LogP contribution is 2.32. The Kier molecular flexibility index (Phi) is 3.10. The largest absolute Gasteiger partial charge is 0.465 e. The fraction of sp³-hybridized carbons (Fsp3) is 0.167. The summed E-state index contributed by atoms with van der Waals surface area (Å²) in [4.78, 5) is 23.6. The van der Waals surface area contributed by atoms with Crippen molar-refractivity contribution in [3.05, 3.63) is 34.7 Å². The number of thiophene rings is 1. The third-order valence-electron chi connectivity index (χ3n) is 2.36. The van der Waals surface area contributed by atoms with Crippen molar-refractivity contribution >= 4 is 33.4 Å². The Balaban J connectivity index is 2.73. The Hall–Kier alpha value is -1.88. The fourth-order valence-corrected chi connectivity index (χ4v) is 2.70. The molecule has 0 radical (unpaired) electrons. The molecule has 0 aliphatic carbocycles. The third-order valence-corrected chi connectivity index (χ3v) is 3.51. The SMILES string of the molecule is COC(=O)c1sc2ccccc2c1C(=O)OC. The van der Waals surface area contributed by atoms with Gasteiger partial charge in [0, 0.05) is 10.1 Å². The number of benzene rings is 1. The van der Waals surface area contributed by atoms with Crippen LogP contribution in [0, 0.1) is 0 Å². The lowest BCUT2D eigenvalue weighted by atomic mass is 10.1. The molecule has 17 heavy (non-hydrogen) atoms. The van der Waals surface area contributed by atoms with Crippen molar-refractivity contribution in [1.29, 1.82) is 0 Å². The molecule has 2 rings (SSSR count). The van der Waals surface area contributed by atoms with E-state index >= 15 is 0 Å². The first-order valence-corrected chi connectivity index (χ1v) is 5.69. The van der Waals surface area contributed by atoms with E-state index < -0.39 is 11.9 Å². The van der Waals surface area contributed by atoms with Gasteiger partial charge >= 0.3 is 11.9 Å². The van der Waals surface area contributed by atoms with E-state index in [1.54, 1.807) is 6.07 Å². The number of rotatable bonds is 2. The molecular formula is C12H10O4S. The van der Waals surface area contributed by atoms with Crippen LogP contribution in [0.2, 0.25) is 0 Å². The van der Waals surface area contributed by atoms with Crippen LogP contribution in [0.3, 0.4) is 0 Å². The standard InChI is InChI=1S/C12H10O4S/c1-15-11(13)9-7-5-3-4-6-8(7)17-10(9)12(14)16-2/h3-6H,1-2H3. The maximum absolute atomic E-state index is 11.7. The topological polar surface area (TPSA) is 52.6 Å². The molecule has 5 heteroatoms. The van der Waals surface area contributed by atoms with Gasteiger partial charge in [-0.25, -0.2) is 9.59 Å². The van der Waals surface area contributed by atoms with Gasteiger partial charge in [-0.15, -0.1) is 11.3 Å². The van der Waals surface area contributed by atoms with Crippen molar-refractivity contribution in [3.63, 3.8) is 0 Å². The number of hydrogen-bond donors (Lipinski definition) is 0. The van der Waals surface area contributed by atoms with Gasteiger partial charge in [0.15, 0.2) is 0 Å². The van der Waals surface area contributed by atoms with E-state index in [1.165, 1.54) is 25.6 Å². The second kappa shape index (κ2) is 4.55. The van der Waals surface area contributed by atoms with Crippen molar-refractivity contribution in [1.82, 2.24) is 0 Å². The van der Waals surface area contributed by atoms with Gasteiger partial charge in [-0.2, -0.15) is 0 Å². The Morgan fingerprint density at radius 1 is 1.06 bits per heavy atom. The van der Waals surface area contributed by atoms with Crippen molar-refractivity contribution in [2.75, 3.05) is 14.2 Å². The quantitative estimate of drug-likeness (QED) is 0.768. The monoisotopic (exact) mass is 250 g/mol. The predicted octanol–water partition coefficient (Wildman–Crippen LogP) is 2.47. The summed E-state index contributed by atoms with van der Waals surface area (Å²) in [5.74, 6) is -1.05. The number of carbonyl (C=O) groups excluding carboxylic acids is 2. The van der Waals surface area contributed by atoms with Crippen LogP contribution >= 0.6 is 11.3 Å². The lowest BCUT2D eigenvalue weighted by Gasteiger charge is -2.00. The summed E-state index contributed by atoms with van der Waals surface area (Å²) in [5, 5.41) is 0.713. The maximum Gasteiger partial charge on any atom is 0.348 e. The molecule has 0 bridgehead atoms. The molecule has 1 aromatic carbocycles. The molecule has 1 aromatic heterocycles. The van der Waals surface area contributed by atoms with E-state index in [0.717, 1.165) is 4.70 Å². The van der Waals surface area contributed by atoms with Gasteiger partial charge in [0.1, 0.15) is 4.88 Å². The normalized spacial score (nSPS) is 10.2. The van der Waals surface area contributed by atoms with Crippen molar-refractivity contribution in [2.24, 2.45) is 0 Å². The highest BCUT2D eigenvalue weighted by atomic mass is 32.1. The van der Waals surface area contributed by atoms with E-state index in [4.69, 9.17) is 4.74 Å². The van der Waals surface area contributed by atoms with Crippen molar-refractivity contribution in [2.45, 2.75) is 0 Å². The second-order valence-corrected chi connectivity index (χ2v) is 4.34. The first-order valence-electron chi connectivity index (χ1n) is 4.87. The number of methoxy groups -OCH3 is 2. The molecule has 0 amide bonds. The molecule has 0 aliphatic heterocycles. The second-order valence-electron chi connectivity index (χ2n) is 3.29. The van der Waals surface area contributed by atoms with Gasteiger partial charge in [0.2, 0.25) is 0 Å². The first-order chi connectivity index (χ1) is 8.19. The van der Waals surface area contributed by atoms with Crippen molar-refractivity contribution < 1.29 is 19.1 Å². The molecule has 0 saturated carbocycles. The van der Waals surface area contributed by atoms with Crippen molar-refractivity contribution in [3.8, 4) is 0 Å². The summed E-state index contributed by atoms with van der Waals surface area (Å²) in [6.45, 7) is 0. The predicted molar refractivity (Wildman–Crippen MR) is 64.5 cm³/mol. The Morgan fingerprint density at radius 2 is 1.71 bits per heavy atom. The number of ether oxygens (including phenoxy) is 2. The zero-order valence-corrected chi connectivity index (χ0v) is 10.2. The highest BCUT2D eigenvalue weighted by Gasteiger charge is 2.24. The average molecular weight is 250 g/mol. The van der Waals surface area contributed by atoms with Crippen LogP contribution in [-0.4, -0.2) is 26.2 Å². The summed E-state index contributed by atoms with van der Waals surface area (Å²) in [6, 6.07) is 7.28. The molecule has 0 unspecified atom stereocenters. The smallest absolute Gasteiger partial charge is 0.348 e. The van der Waals surface area contributed by atoms with Gasteiger partial charge < -0.3 is 9.47 Å². The molecule has 4 nitrogen and oxygen atoms in total. The average Bonchev–Trinajstić information content (AvgIpc) is 2.76. The minimum Gasteiger partial charge on any atom is -0.465 e. The van der Waals surface area contributed by atoms with E-state index in [-0.39, 0.29) is 10.4 Å². The number of esters is 2. The number of fused-ring (bicyclic) bond motifs is 1. The van der Waals surface area contributed by atoms with Crippen LogP contribution in [0.25, 0.3) is 10.1 Å². The van der Waals surface area contributed by atoms with Gasteiger partial charge in [-0.3, -0.25) is 0 Å². The molecule has 0 aliphatic rings. The fourth-order valence-electron chi connectivity index (χ4n) is 1.59. The zero-order valence-electron chi connectivity index (χ0n) is 9.35. The van der Waals surface area contributed by atoms with Gasteiger partial charge in [0.25, 0.3) is 0 Å². The minimum atomic E-state index is -0.525. The Labute approximate surface area is 102 Å². The summed E-state index contributed by atoms with van der Waals surface area (Å²) in [5.41, 5.74) is 0.278. The summed E-state index contributed by atoms with van der Waals surface area (Å²) in [7, 11) is 2.57. The Morgan fingerprint density at radius 3 is 2.35 bits per heavy atom.